The number of amides is 1. The maximum Gasteiger partial charge on any atom is 0.255 e. The SMILES string of the molecule is Cc1cc(C(=O)Nc2ccc3c(c2)cc(C)n3C)ccc1NCc1ccccn1. The summed E-state index contributed by atoms with van der Waals surface area (Å²) in [7, 11) is 2.04. The molecule has 0 unspecified atom stereocenters. The van der Waals surface area contributed by atoms with Crippen molar-refractivity contribution in [3.05, 3.63) is 89.4 Å². The van der Waals surface area contributed by atoms with E-state index in [1.807, 2.05) is 68.6 Å². The molecule has 0 saturated heterocycles. The number of hydrogen-bond donors (Lipinski definition) is 2. The molecule has 0 atom stereocenters. The number of nitrogens with one attached hydrogen (secondary N) is 2. The van der Waals surface area contributed by atoms with Crippen molar-refractivity contribution < 1.29 is 4.79 Å². The van der Waals surface area contributed by atoms with Crippen LogP contribution < -0.4 is 10.6 Å². The minimum Gasteiger partial charge on any atom is -0.379 e. The van der Waals surface area contributed by atoms with Gasteiger partial charge in [0.2, 0.25) is 0 Å². The molecule has 146 valence electrons. The molecule has 2 N–H and O–H groups in total. The van der Waals surface area contributed by atoms with Crippen LogP contribution >= 0.6 is 0 Å². The molecule has 0 aliphatic carbocycles. The number of carbonyl (C=O) groups excluding carboxylic acids is 1. The van der Waals surface area contributed by atoms with E-state index in [-0.39, 0.29) is 5.91 Å². The molecule has 0 aliphatic heterocycles. The van der Waals surface area contributed by atoms with Gasteiger partial charge >= 0.3 is 0 Å². The molecule has 29 heavy (non-hydrogen) atoms. The molecule has 2 aromatic heterocycles. The van der Waals surface area contributed by atoms with Gasteiger partial charge in [0.1, 0.15) is 0 Å². The van der Waals surface area contributed by atoms with Crippen LogP contribution in [-0.4, -0.2) is 15.5 Å². The molecule has 4 aromatic rings. The molecule has 4 rings (SSSR count). The lowest BCUT2D eigenvalue weighted by atomic mass is 10.1. The average Bonchev–Trinajstić information content (AvgIpc) is 3.01. The van der Waals surface area contributed by atoms with E-state index in [9.17, 15) is 4.79 Å². The minimum absolute atomic E-state index is 0.114. The van der Waals surface area contributed by atoms with Gasteiger partial charge in [-0.05, 0) is 74.0 Å². The van der Waals surface area contributed by atoms with E-state index in [4.69, 9.17) is 0 Å². The van der Waals surface area contributed by atoms with Gasteiger partial charge in [0, 0.05) is 46.8 Å². The highest BCUT2D eigenvalue weighted by molar-refractivity contribution is 6.05. The van der Waals surface area contributed by atoms with Crippen LogP contribution in [0.4, 0.5) is 11.4 Å². The molecule has 0 saturated carbocycles. The third-order valence-electron chi connectivity index (χ3n) is 5.21. The lowest BCUT2D eigenvalue weighted by Crippen LogP contribution is -2.12. The largest absolute Gasteiger partial charge is 0.379 e. The Morgan fingerprint density at radius 1 is 1.03 bits per heavy atom. The predicted molar refractivity (Wildman–Crippen MR) is 118 cm³/mol. The summed E-state index contributed by atoms with van der Waals surface area (Å²) in [5, 5.41) is 7.50. The average molecular weight is 384 g/mol. The van der Waals surface area contributed by atoms with Gasteiger partial charge in [0.15, 0.2) is 0 Å². The van der Waals surface area contributed by atoms with Crippen LogP contribution in [0.5, 0.6) is 0 Å². The van der Waals surface area contributed by atoms with Crippen LogP contribution in [0.1, 0.15) is 27.3 Å². The Morgan fingerprint density at radius 2 is 1.90 bits per heavy atom. The molecule has 5 nitrogen and oxygen atoms in total. The van der Waals surface area contributed by atoms with Gasteiger partial charge in [-0.3, -0.25) is 9.78 Å². The van der Waals surface area contributed by atoms with Crippen molar-refractivity contribution in [3.63, 3.8) is 0 Å². The highest BCUT2D eigenvalue weighted by Crippen LogP contribution is 2.23. The Labute approximate surface area is 170 Å². The molecule has 2 aromatic carbocycles. The zero-order chi connectivity index (χ0) is 20.4. The Bertz CT molecular complexity index is 1180. The van der Waals surface area contributed by atoms with Crippen molar-refractivity contribution in [2.75, 3.05) is 10.6 Å². The highest BCUT2D eigenvalue weighted by atomic mass is 16.1. The maximum absolute atomic E-state index is 12.7. The van der Waals surface area contributed by atoms with Gasteiger partial charge in [-0.2, -0.15) is 0 Å². The summed E-state index contributed by atoms with van der Waals surface area (Å²) in [4.78, 5) is 17.0. The number of benzene rings is 2. The summed E-state index contributed by atoms with van der Waals surface area (Å²) in [6.45, 7) is 4.71. The number of pyridine rings is 1. The zero-order valence-corrected chi connectivity index (χ0v) is 16.9. The highest BCUT2D eigenvalue weighted by Gasteiger charge is 2.10. The number of fused-ring (bicyclic) bond motifs is 1. The van der Waals surface area contributed by atoms with Gasteiger partial charge in [-0.15, -0.1) is 0 Å². The summed E-state index contributed by atoms with van der Waals surface area (Å²) in [5.41, 5.74) is 6.75. The van der Waals surface area contributed by atoms with Gasteiger partial charge in [0.25, 0.3) is 5.91 Å². The fraction of sp³-hybridized carbons (Fsp3) is 0.167. The van der Waals surface area contributed by atoms with E-state index < -0.39 is 0 Å². The fourth-order valence-corrected chi connectivity index (χ4v) is 3.46. The van der Waals surface area contributed by atoms with Crippen molar-refractivity contribution in [1.29, 1.82) is 0 Å². The third kappa shape index (κ3) is 3.99. The van der Waals surface area contributed by atoms with Crippen molar-refractivity contribution in [2.24, 2.45) is 7.05 Å². The van der Waals surface area contributed by atoms with Crippen LogP contribution in [0, 0.1) is 13.8 Å². The smallest absolute Gasteiger partial charge is 0.255 e. The first-order valence-corrected chi connectivity index (χ1v) is 9.63. The Balaban J connectivity index is 1.46. The normalized spacial score (nSPS) is 10.9. The van der Waals surface area contributed by atoms with E-state index in [0.29, 0.717) is 12.1 Å². The number of carbonyl (C=O) groups is 1. The van der Waals surface area contributed by atoms with Crippen LogP contribution in [0.2, 0.25) is 0 Å². The summed E-state index contributed by atoms with van der Waals surface area (Å²) in [5.74, 6) is -0.114. The second-order valence-electron chi connectivity index (χ2n) is 7.28. The van der Waals surface area contributed by atoms with E-state index >= 15 is 0 Å². The van der Waals surface area contributed by atoms with Crippen molar-refractivity contribution in [1.82, 2.24) is 9.55 Å². The number of rotatable bonds is 5. The lowest BCUT2D eigenvalue weighted by molar-refractivity contribution is 0.102. The molecular weight excluding hydrogens is 360 g/mol. The standard InChI is InChI=1S/C24H24N4O/c1-16-12-18(7-9-22(16)26-15-21-6-4-5-11-25-21)24(29)27-20-8-10-23-19(14-20)13-17(2)28(23)3/h4-14,26H,15H2,1-3H3,(H,27,29). The molecule has 5 heteroatoms. The van der Waals surface area contributed by atoms with Crippen LogP contribution in [-0.2, 0) is 13.6 Å². The van der Waals surface area contributed by atoms with Crippen LogP contribution in [0.15, 0.2) is 66.9 Å². The lowest BCUT2D eigenvalue weighted by Gasteiger charge is -2.11. The summed E-state index contributed by atoms with van der Waals surface area (Å²) >= 11 is 0. The van der Waals surface area contributed by atoms with Gasteiger partial charge < -0.3 is 15.2 Å². The summed E-state index contributed by atoms with van der Waals surface area (Å²) in [6.07, 6.45) is 1.78. The van der Waals surface area contributed by atoms with Gasteiger partial charge in [0.05, 0.1) is 12.2 Å². The minimum atomic E-state index is -0.114. The molecule has 0 spiro atoms. The second kappa shape index (κ2) is 7.80. The monoisotopic (exact) mass is 384 g/mol. The van der Waals surface area contributed by atoms with E-state index in [1.165, 1.54) is 5.69 Å². The van der Waals surface area contributed by atoms with E-state index in [0.717, 1.165) is 33.5 Å². The fourth-order valence-electron chi connectivity index (χ4n) is 3.46. The molecule has 0 bridgehead atoms. The first-order valence-electron chi connectivity index (χ1n) is 9.63. The predicted octanol–water partition coefficient (Wildman–Crippen LogP) is 5.05. The second-order valence-corrected chi connectivity index (χ2v) is 7.28. The Morgan fingerprint density at radius 3 is 2.66 bits per heavy atom. The van der Waals surface area contributed by atoms with Crippen LogP contribution in [0.25, 0.3) is 10.9 Å². The van der Waals surface area contributed by atoms with Crippen LogP contribution in [0.3, 0.4) is 0 Å². The van der Waals surface area contributed by atoms with Crippen molar-refractivity contribution in [2.45, 2.75) is 20.4 Å². The Hall–Kier alpha value is -3.60. The first kappa shape index (κ1) is 18.7. The maximum atomic E-state index is 12.7. The van der Waals surface area contributed by atoms with E-state index in [2.05, 4.69) is 33.2 Å². The Kier molecular flexibility index (Phi) is 5.04. The topological polar surface area (TPSA) is 59.0 Å². The quantitative estimate of drug-likeness (QED) is 0.506. The van der Waals surface area contributed by atoms with Crippen molar-refractivity contribution >= 4 is 28.2 Å². The summed E-state index contributed by atoms with van der Waals surface area (Å²) in [6, 6.07) is 19.6. The number of aromatic nitrogens is 2. The molecular formula is C24H24N4O. The molecule has 0 radical (unpaired) electrons. The number of nitrogens with zero attached hydrogens (tertiary/aromatic N) is 2. The van der Waals surface area contributed by atoms with Gasteiger partial charge in [-0.1, -0.05) is 6.07 Å². The van der Waals surface area contributed by atoms with Crippen molar-refractivity contribution in [3.8, 4) is 0 Å². The zero-order valence-electron chi connectivity index (χ0n) is 16.9. The molecule has 0 aliphatic rings. The molecule has 0 fully saturated rings. The third-order valence-corrected chi connectivity index (χ3v) is 5.21. The number of aryl methyl sites for hydroxylation is 3. The molecule has 1 amide bonds. The number of anilines is 2. The number of hydrogen-bond acceptors (Lipinski definition) is 3. The van der Waals surface area contributed by atoms with Gasteiger partial charge in [-0.25, -0.2) is 0 Å². The summed E-state index contributed by atoms with van der Waals surface area (Å²) < 4.78 is 2.14. The molecule has 2 heterocycles. The first-order chi connectivity index (χ1) is 14.0. The van der Waals surface area contributed by atoms with E-state index in [1.54, 1.807) is 6.20 Å².